The molecule has 0 saturated heterocycles. The highest BCUT2D eigenvalue weighted by atomic mass is 35.5. The molecule has 0 aromatic heterocycles. The van der Waals surface area contributed by atoms with Gasteiger partial charge in [-0.1, -0.05) is 29.8 Å². The molecule has 0 saturated carbocycles. The summed E-state index contributed by atoms with van der Waals surface area (Å²) in [7, 11) is 0. The number of carbonyl (C=O) groups is 1. The average Bonchev–Trinajstić information content (AvgIpc) is 2.25. The third kappa shape index (κ3) is 3.48. The van der Waals surface area contributed by atoms with Gasteiger partial charge in [0.05, 0.1) is 0 Å². The summed E-state index contributed by atoms with van der Waals surface area (Å²) in [5.41, 5.74) is 6.32. The van der Waals surface area contributed by atoms with Gasteiger partial charge in [0.1, 0.15) is 6.04 Å². The monoisotopic (exact) mass is 242 g/mol. The van der Waals surface area contributed by atoms with Crippen LogP contribution in [0.15, 0.2) is 24.3 Å². The second-order valence-corrected chi connectivity index (χ2v) is 4.00. The topological polar surface area (TPSA) is 75.3 Å². The van der Waals surface area contributed by atoms with Crippen LogP contribution in [0.3, 0.4) is 0 Å². The van der Waals surface area contributed by atoms with Gasteiger partial charge in [-0.15, -0.1) is 0 Å². The Morgan fingerprint density at radius 1 is 1.56 bits per heavy atom. The Kier molecular flexibility index (Phi) is 4.73. The third-order valence-electron chi connectivity index (χ3n) is 2.33. The fourth-order valence-electron chi connectivity index (χ4n) is 1.33. The quantitative estimate of drug-likeness (QED) is 0.730. The van der Waals surface area contributed by atoms with Gasteiger partial charge in [-0.05, 0) is 18.6 Å². The highest BCUT2D eigenvalue weighted by molar-refractivity contribution is 6.31. The zero-order chi connectivity index (χ0) is 12.1. The van der Waals surface area contributed by atoms with Crippen molar-refractivity contribution in [1.29, 1.82) is 0 Å². The normalized spacial score (nSPS) is 14.4. The first-order chi connectivity index (χ1) is 7.52. The van der Waals surface area contributed by atoms with E-state index in [0.29, 0.717) is 5.02 Å². The van der Waals surface area contributed by atoms with Crippen molar-refractivity contribution < 1.29 is 9.90 Å². The number of nitrogens with two attached hydrogens (primary N) is 1. The van der Waals surface area contributed by atoms with E-state index in [4.69, 9.17) is 22.4 Å². The molecule has 88 valence electrons. The van der Waals surface area contributed by atoms with Crippen molar-refractivity contribution in [2.75, 3.05) is 6.54 Å². The van der Waals surface area contributed by atoms with Crippen molar-refractivity contribution in [2.24, 2.45) is 5.73 Å². The Balaban J connectivity index is 2.56. The van der Waals surface area contributed by atoms with E-state index in [-0.39, 0.29) is 12.6 Å². The Morgan fingerprint density at radius 2 is 2.19 bits per heavy atom. The molecule has 16 heavy (non-hydrogen) atoms. The summed E-state index contributed by atoms with van der Waals surface area (Å²) >= 11 is 6.01. The highest BCUT2D eigenvalue weighted by Gasteiger charge is 2.14. The van der Waals surface area contributed by atoms with Gasteiger partial charge in [-0.3, -0.25) is 4.79 Å². The molecule has 0 aliphatic rings. The highest BCUT2D eigenvalue weighted by Crippen LogP contribution is 2.21. The van der Waals surface area contributed by atoms with E-state index >= 15 is 0 Å². The van der Waals surface area contributed by atoms with Crippen molar-refractivity contribution in [3.8, 4) is 0 Å². The van der Waals surface area contributed by atoms with Crippen LogP contribution >= 0.6 is 11.6 Å². The van der Waals surface area contributed by atoms with Gasteiger partial charge < -0.3 is 16.2 Å². The number of aliphatic carboxylic acids is 1. The molecule has 1 aromatic carbocycles. The summed E-state index contributed by atoms with van der Waals surface area (Å²) in [6, 6.07) is 6.50. The molecule has 0 aliphatic carbocycles. The maximum absolute atomic E-state index is 10.5. The van der Waals surface area contributed by atoms with Gasteiger partial charge in [0.25, 0.3) is 0 Å². The average molecular weight is 243 g/mol. The van der Waals surface area contributed by atoms with Gasteiger partial charge in [0.15, 0.2) is 0 Å². The Bertz CT molecular complexity index is 371. The third-order valence-corrected chi connectivity index (χ3v) is 2.68. The van der Waals surface area contributed by atoms with Crippen molar-refractivity contribution in [1.82, 2.24) is 5.32 Å². The summed E-state index contributed by atoms with van der Waals surface area (Å²) in [5.74, 6) is -1.01. The number of rotatable bonds is 5. The van der Waals surface area contributed by atoms with Gasteiger partial charge in [0, 0.05) is 17.6 Å². The van der Waals surface area contributed by atoms with E-state index < -0.39 is 12.0 Å². The number of benzene rings is 1. The number of hydrogen-bond acceptors (Lipinski definition) is 3. The van der Waals surface area contributed by atoms with Crippen molar-refractivity contribution in [2.45, 2.75) is 19.0 Å². The first kappa shape index (κ1) is 13.0. The molecule has 2 atom stereocenters. The SMILES string of the molecule is CC(NCC(N)C(=O)O)c1ccccc1Cl. The predicted octanol–water partition coefficient (Wildman–Crippen LogP) is 1.40. The maximum atomic E-state index is 10.5. The molecular formula is C11H15ClN2O2. The lowest BCUT2D eigenvalue weighted by Gasteiger charge is -2.17. The molecule has 5 heteroatoms. The van der Waals surface area contributed by atoms with Crippen molar-refractivity contribution in [3.63, 3.8) is 0 Å². The van der Waals surface area contributed by atoms with E-state index in [2.05, 4.69) is 5.32 Å². The van der Waals surface area contributed by atoms with Gasteiger partial charge in [-0.2, -0.15) is 0 Å². The Labute approximate surface area is 99.4 Å². The second-order valence-electron chi connectivity index (χ2n) is 3.60. The standard InChI is InChI=1S/C11H15ClN2O2/c1-7(14-6-10(13)11(15)16)8-4-2-3-5-9(8)12/h2-5,7,10,14H,6,13H2,1H3,(H,15,16). The summed E-state index contributed by atoms with van der Waals surface area (Å²) in [6.07, 6.45) is 0. The fourth-order valence-corrected chi connectivity index (χ4v) is 1.63. The molecule has 4 nitrogen and oxygen atoms in total. The second kappa shape index (κ2) is 5.84. The number of hydrogen-bond donors (Lipinski definition) is 3. The minimum Gasteiger partial charge on any atom is -0.480 e. The molecule has 0 heterocycles. The molecule has 4 N–H and O–H groups in total. The molecule has 0 fully saturated rings. The first-order valence-corrected chi connectivity index (χ1v) is 5.36. The van der Waals surface area contributed by atoms with Crippen LogP contribution in [0.5, 0.6) is 0 Å². The maximum Gasteiger partial charge on any atom is 0.321 e. The molecule has 1 aromatic rings. The molecule has 0 spiro atoms. The summed E-state index contributed by atoms with van der Waals surface area (Å²) in [5, 5.41) is 12.3. The lowest BCUT2D eigenvalue weighted by atomic mass is 10.1. The minimum absolute atomic E-state index is 0.0286. The number of nitrogens with one attached hydrogen (secondary N) is 1. The Hall–Kier alpha value is -1.10. The van der Waals surface area contributed by atoms with E-state index in [1.165, 1.54) is 0 Å². The van der Waals surface area contributed by atoms with Crippen LogP contribution in [0.2, 0.25) is 5.02 Å². The summed E-state index contributed by atoms with van der Waals surface area (Å²) < 4.78 is 0. The number of halogens is 1. The lowest BCUT2D eigenvalue weighted by Crippen LogP contribution is -2.41. The molecule has 0 bridgehead atoms. The summed E-state index contributed by atoms with van der Waals surface area (Å²) in [4.78, 5) is 10.5. The van der Waals surface area contributed by atoms with E-state index in [9.17, 15) is 4.79 Å². The molecule has 0 radical (unpaired) electrons. The van der Waals surface area contributed by atoms with Crippen LogP contribution in [0.1, 0.15) is 18.5 Å². The zero-order valence-corrected chi connectivity index (χ0v) is 9.74. The van der Waals surface area contributed by atoms with Crippen LogP contribution in [-0.4, -0.2) is 23.7 Å². The molecule has 0 aliphatic heterocycles. The smallest absolute Gasteiger partial charge is 0.321 e. The van der Waals surface area contributed by atoms with Crippen LogP contribution in [0, 0.1) is 0 Å². The summed E-state index contributed by atoms with van der Waals surface area (Å²) in [6.45, 7) is 2.12. The van der Waals surface area contributed by atoms with Gasteiger partial charge >= 0.3 is 5.97 Å². The van der Waals surface area contributed by atoms with E-state index in [1.807, 2.05) is 25.1 Å². The zero-order valence-electron chi connectivity index (χ0n) is 8.98. The molecule has 1 rings (SSSR count). The van der Waals surface area contributed by atoms with Crippen molar-refractivity contribution >= 4 is 17.6 Å². The van der Waals surface area contributed by atoms with Crippen LogP contribution in [0.25, 0.3) is 0 Å². The van der Waals surface area contributed by atoms with Gasteiger partial charge in [0.2, 0.25) is 0 Å². The van der Waals surface area contributed by atoms with Crippen LogP contribution in [-0.2, 0) is 4.79 Å². The van der Waals surface area contributed by atoms with Crippen LogP contribution in [0.4, 0.5) is 0 Å². The lowest BCUT2D eigenvalue weighted by molar-refractivity contribution is -0.138. The number of carboxylic acid groups (broad SMARTS) is 1. The minimum atomic E-state index is -1.01. The fraction of sp³-hybridized carbons (Fsp3) is 0.364. The van der Waals surface area contributed by atoms with Crippen LogP contribution < -0.4 is 11.1 Å². The van der Waals surface area contributed by atoms with Crippen molar-refractivity contribution in [3.05, 3.63) is 34.9 Å². The van der Waals surface area contributed by atoms with E-state index in [0.717, 1.165) is 5.56 Å². The Morgan fingerprint density at radius 3 is 2.75 bits per heavy atom. The molecule has 2 unspecified atom stereocenters. The first-order valence-electron chi connectivity index (χ1n) is 4.98. The van der Waals surface area contributed by atoms with Gasteiger partial charge in [-0.25, -0.2) is 0 Å². The largest absolute Gasteiger partial charge is 0.480 e. The predicted molar refractivity (Wildman–Crippen MR) is 63.5 cm³/mol. The number of carboxylic acids is 1. The molecule has 0 amide bonds. The van der Waals surface area contributed by atoms with E-state index in [1.54, 1.807) is 6.07 Å². The molecular weight excluding hydrogens is 228 g/mol.